The molecule has 1 unspecified atom stereocenters. The fourth-order valence-corrected chi connectivity index (χ4v) is 4.13. The first kappa shape index (κ1) is 24.8. The molecule has 3 rings (SSSR count). The van der Waals surface area contributed by atoms with Gasteiger partial charge in [-0.2, -0.15) is 0 Å². The Morgan fingerprint density at radius 3 is 2.21 bits per heavy atom. The van der Waals surface area contributed by atoms with Crippen LogP contribution in [0.25, 0.3) is 11.1 Å². The van der Waals surface area contributed by atoms with Crippen LogP contribution in [0.1, 0.15) is 23.5 Å². The van der Waals surface area contributed by atoms with E-state index in [2.05, 4.69) is 11.2 Å². The number of ether oxygens (including phenoxy) is 1. The predicted octanol–water partition coefficient (Wildman–Crippen LogP) is 2.39. The third-order valence-electron chi connectivity index (χ3n) is 5.72. The van der Waals surface area contributed by atoms with Crippen LogP contribution < -0.4 is 5.32 Å². The van der Waals surface area contributed by atoms with Gasteiger partial charge < -0.3 is 25.0 Å². The number of alkyl carbamates (subject to hydrolysis) is 1. The van der Waals surface area contributed by atoms with Gasteiger partial charge >= 0.3 is 12.1 Å². The summed E-state index contributed by atoms with van der Waals surface area (Å²) in [7, 11) is 3.68. The smallest absolute Gasteiger partial charge is 0.407 e. The zero-order chi connectivity index (χ0) is 24.7. The second kappa shape index (κ2) is 11.3. The van der Waals surface area contributed by atoms with Gasteiger partial charge in [-0.1, -0.05) is 54.5 Å². The zero-order valence-electron chi connectivity index (χ0n) is 19.4. The van der Waals surface area contributed by atoms with Crippen molar-refractivity contribution in [3.05, 3.63) is 59.7 Å². The number of carboxylic acids is 1. The molecule has 0 bridgehead atoms. The van der Waals surface area contributed by atoms with Gasteiger partial charge in [-0.05, 0) is 49.3 Å². The van der Waals surface area contributed by atoms with Crippen molar-refractivity contribution in [3.63, 3.8) is 0 Å². The van der Waals surface area contributed by atoms with E-state index in [0.717, 1.165) is 27.2 Å². The number of amides is 2. The monoisotopic (exact) mass is 463 g/mol. The van der Waals surface area contributed by atoms with Crippen LogP contribution >= 0.6 is 0 Å². The van der Waals surface area contributed by atoms with E-state index in [1.807, 2.05) is 67.5 Å². The Hall–Kier alpha value is -3.83. The third-order valence-corrected chi connectivity index (χ3v) is 5.72. The number of terminal acetylenes is 1. The Morgan fingerprint density at radius 1 is 1.09 bits per heavy atom. The highest BCUT2D eigenvalue weighted by Gasteiger charge is 2.31. The largest absolute Gasteiger partial charge is 0.480 e. The topological polar surface area (TPSA) is 99.2 Å². The minimum absolute atomic E-state index is 0.109. The molecule has 0 aliphatic heterocycles. The van der Waals surface area contributed by atoms with E-state index in [4.69, 9.17) is 16.3 Å². The Balaban J connectivity index is 1.70. The minimum atomic E-state index is -1.18. The molecule has 34 heavy (non-hydrogen) atoms. The maximum Gasteiger partial charge on any atom is 0.407 e. The molecule has 0 radical (unpaired) electrons. The van der Waals surface area contributed by atoms with Crippen LogP contribution in [0.4, 0.5) is 4.79 Å². The first-order valence-electron chi connectivity index (χ1n) is 11.0. The van der Waals surface area contributed by atoms with Crippen molar-refractivity contribution in [3.8, 4) is 23.5 Å². The number of carbonyl (C=O) groups excluding carboxylic acids is 2. The lowest BCUT2D eigenvalue weighted by atomic mass is 9.98. The average molecular weight is 464 g/mol. The highest BCUT2D eigenvalue weighted by atomic mass is 16.5. The van der Waals surface area contributed by atoms with Crippen LogP contribution in [0.15, 0.2) is 48.5 Å². The number of carboxylic acid groups (broad SMARTS) is 1. The van der Waals surface area contributed by atoms with E-state index in [-0.39, 0.29) is 25.5 Å². The van der Waals surface area contributed by atoms with Crippen LogP contribution in [0.5, 0.6) is 0 Å². The predicted molar refractivity (Wildman–Crippen MR) is 128 cm³/mol. The summed E-state index contributed by atoms with van der Waals surface area (Å²) in [4.78, 5) is 39.8. The Bertz CT molecular complexity index is 1050. The lowest BCUT2D eigenvalue weighted by Crippen LogP contribution is -2.51. The van der Waals surface area contributed by atoms with E-state index in [0.29, 0.717) is 6.54 Å². The van der Waals surface area contributed by atoms with E-state index in [9.17, 15) is 14.4 Å². The number of nitrogens with zero attached hydrogens (tertiary/aromatic N) is 2. The van der Waals surface area contributed by atoms with Gasteiger partial charge in [0, 0.05) is 5.92 Å². The molecule has 1 aliphatic rings. The Labute approximate surface area is 199 Å². The molecule has 0 fully saturated rings. The van der Waals surface area contributed by atoms with Crippen LogP contribution in [0, 0.1) is 12.3 Å². The van der Waals surface area contributed by atoms with Crippen molar-refractivity contribution in [2.24, 2.45) is 0 Å². The summed E-state index contributed by atoms with van der Waals surface area (Å²) < 4.78 is 5.56. The highest BCUT2D eigenvalue weighted by molar-refractivity contribution is 5.88. The molecule has 0 saturated carbocycles. The van der Waals surface area contributed by atoms with Gasteiger partial charge in [0.1, 0.15) is 19.2 Å². The number of rotatable bonds is 10. The van der Waals surface area contributed by atoms with E-state index in [1.165, 1.54) is 0 Å². The summed E-state index contributed by atoms with van der Waals surface area (Å²) >= 11 is 0. The Kier molecular flexibility index (Phi) is 8.28. The summed E-state index contributed by atoms with van der Waals surface area (Å²) in [6, 6.07) is 15.0. The summed E-state index contributed by atoms with van der Waals surface area (Å²) in [6.45, 7) is -0.113. The molecule has 1 aliphatic carbocycles. The van der Waals surface area contributed by atoms with Crippen molar-refractivity contribution in [1.29, 1.82) is 0 Å². The second-order valence-corrected chi connectivity index (χ2v) is 8.41. The molecule has 8 heteroatoms. The fraction of sp³-hybridized carbons (Fsp3) is 0.346. The third kappa shape index (κ3) is 5.94. The van der Waals surface area contributed by atoms with Crippen LogP contribution in [-0.4, -0.2) is 79.3 Å². The van der Waals surface area contributed by atoms with E-state index in [1.54, 1.807) is 0 Å². The number of benzene rings is 2. The quantitative estimate of drug-likeness (QED) is 0.525. The lowest BCUT2D eigenvalue weighted by Gasteiger charge is -2.26. The van der Waals surface area contributed by atoms with Gasteiger partial charge in [0.2, 0.25) is 5.91 Å². The highest BCUT2D eigenvalue weighted by Crippen LogP contribution is 2.44. The van der Waals surface area contributed by atoms with Crippen LogP contribution in [-0.2, 0) is 14.3 Å². The summed E-state index contributed by atoms with van der Waals surface area (Å²) in [5.74, 6) is 0.440. The van der Waals surface area contributed by atoms with Crippen LogP contribution in [0.2, 0.25) is 0 Å². The number of carbonyl (C=O) groups is 3. The van der Waals surface area contributed by atoms with Gasteiger partial charge in [0.15, 0.2) is 0 Å². The van der Waals surface area contributed by atoms with Gasteiger partial charge in [-0.3, -0.25) is 9.59 Å². The maximum atomic E-state index is 13.0. The van der Waals surface area contributed by atoms with E-state index >= 15 is 0 Å². The number of hydrogen-bond donors (Lipinski definition) is 2. The maximum absolute atomic E-state index is 13.0. The van der Waals surface area contributed by atoms with Gasteiger partial charge in [0.05, 0.1) is 6.54 Å². The van der Waals surface area contributed by atoms with Gasteiger partial charge in [-0.15, -0.1) is 6.42 Å². The Morgan fingerprint density at radius 2 is 1.68 bits per heavy atom. The number of aliphatic carboxylic acids is 1. The first-order chi connectivity index (χ1) is 16.3. The molecule has 0 heterocycles. The van der Waals surface area contributed by atoms with Crippen molar-refractivity contribution in [1.82, 2.24) is 15.1 Å². The van der Waals surface area contributed by atoms with E-state index < -0.39 is 30.6 Å². The molecule has 2 aromatic carbocycles. The number of hydrogen-bond acceptors (Lipinski definition) is 5. The average Bonchev–Trinajstić information content (AvgIpc) is 3.13. The fourth-order valence-electron chi connectivity index (χ4n) is 4.13. The summed E-state index contributed by atoms with van der Waals surface area (Å²) in [5.41, 5.74) is 4.39. The lowest BCUT2D eigenvalue weighted by molar-refractivity contribution is -0.144. The van der Waals surface area contributed by atoms with Gasteiger partial charge in [0.25, 0.3) is 0 Å². The molecular formula is C26H29N3O5. The molecule has 0 saturated heterocycles. The SMILES string of the molecule is C#CCN(CC(=O)O)C(=O)C(CCN(C)C)NC(=O)OCC1c2ccccc2-c2ccccc21. The normalized spacial score (nSPS) is 12.9. The summed E-state index contributed by atoms with van der Waals surface area (Å²) in [6.07, 6.45) is 4.84. The molecule has 0 spiro atoms. The van der Waals surface area contributed by atoms with Crippen molar-refractivity contribution >= 4 is 18.0 Å². The van der Waals surface area contributed by atoms with Crippen LogP contribution in [0.3, 0.4) is 0 Å². The summed E-state index contributed by atoms with van der Waals surface area (Å²) in [5, 5.41) is 11.7. The molecule has 178 valence electrons. The van der Waals surface area contributed by atoms with Crippen molar-refractivity contribution in [2.45, 2.75) is 18.4 Å². The van der Waals surface area contributed by atoms with Crippen molar-refractivity contribution < 1.29 is 24.2 Å². The minimum Gasteiger partial charge on any atom is -0.480 e. The second-order valence-electron chi connectivity index (χ2n) is 8.41. The van der Waals surface area contributed by atoms with Gasteiger partial charge in [-0.25, -0.2) is 4.79 Å². The first-order valence-corrected chi connectivity index (χ1v) is 11.0. The number of nitrogens with one attached hydrogen (secondary N) is 1. The molecule has 1 atom stereocenters. The molecule has 2 N–H and O–H groups in total. The molecular weight excluding hydrogens is 434 g/mol. The van der Waals surface area contributed by atoms with Crippen molar-refractivity contribution in [2.75, 3.05) is 40.3 Å². The molecule has 0 aromatic heterocycles. The standard InChI is InChI=1S/C26H29N3O5/c1-4-14-29(16-24(30)31)25(32)23(13-15-28(2)3)27-26(33)34-17-22-20-11-7-5-9-18(20)19-10-6-8-12-21(19)22/h1,5-12,22-23H,13-17H2,2-3H3,(H,27,33)(H,30,31). The zero-order valence-corrected chi connectivity index (χ0v) is 19.4. The molecule has 2 amide bonds. The molecule has 2 aromatic rings. The number of fused-ring (bicyclic) bond motifs is 3. The molecule has 8 nitrogen and oxygen atoms in total.